The van der Waals surface area contributed by atoms with Gasteiger partial charge in [0.05, 0.1) is 16.2 Å². The van der Waals surface area contributed by atoms with Crippen molar-refractivity contribution in [1.82, 2.24) is 4.98 Å². The lowest BCUT2D eigenvalue weighted by atomic mass is 10.2. The summed E-state index contributed by atoms with van der Waals surface area (Å²) in [5, 5.41) is 0.938. The molecule has 0 saturated heterocycles. The lowest BCUT2D eigenvalue weighted by Crippen LogP contribution is -2.16. The average Bonchev–Trinajstić information content (AvgIpc) is 2.49. The number of sulfonamides is 1. The van der Waals surface area contributed by atoms with E-state index in [2.05, 4.69) is 25.6 Å². The highest BCUT2D eigenvalue weighted by Crippen LogP contribution is 2.32. The molecule has 24 heavy (non-hydrogen) atoms. The Bertz CT molecular complexity index is 1040. The van der Waals surface area contributed by atoms with Crippen molar-refractivity contribution >= 4 is 54.1 Å². The maximum absolute atomic E-state index is 14.0. The van der Waals surface area contributed by atoms with E-state index in [1.165, 1.54) is 18.3 Å². The molecule has 1 heterocycles. The monoisotopic (exact) mass is 432 g/mol. The van der Waals surface area contributed by atoms with Gasteiger partial charge in [-0.25, -0.2) is 17.2 Å². The van der Waals surface area contributed by atoms with Gasteiger partial charge in [-0.3, -0.25) is 9.71 Å². The van der Waals surface area contributed by atoms with Crippen LogP contribution in [-0.4, -0.2) is 13.4 Å². The van der Waals surface area contributed by atoms with Crippen molar-refractivity contribution < 1.29 is 17.2 Å². The van der Waals surface area contributed by atoms with Gasteiger partial charge in [0, 0.05) is 22.1 Å². The van der Waals surface area contributed by atoms with Crippen LogP contribution in [0.5, 0.6) is 0 Å². The normalized spacial score (nSPS) is 11.7. The Morgan fingerprint density at radius 2 is 1.92 bits per heavy atom. The number of fused-ring (bicyclic) bond motifs is 1. The van der Waals surface area contributed by atoms with Crippen molar-refractivity contribution in [3.8, 4) is 0 Å². The maximum Gasteiger partial charge on any atom is 0.266 e. The maximum atomic E-state index is 14.0. The van der Waals surface area contributed by atoms with E-state index in [-0.39, 0.29) is 10.2 Å². The third-order valence-corrected chi connectivity index (χ3v) is 5.85. The Hall–Kier alpha value is -1.77. The molecule has 0 amide bonds. The standard InChI is InChI=1S/C15H8BrClF2N2O2S/c16-10-6-8(18)7-12(19)15(10)24(22,23)21-13-4-3-11(17)9-2-1-5-20-14(9)13/h1-7,21H. The fourth-order valence-electron chi connectivity index (χ4n) is 2.20. The zero-order chi connectivity index (χ0) is 17.5. The molecule has 9 heteroatoms. The second kappa shape index (κ2) is 6.27. The summed E-state index contributed by atoms with van der Waals surface area (Å²) in [7, 11) is -4.32. The first-order valence-electron chi connectivity index (χ1n) is 6.50. The van der Waals surface area contributed by atoms with E-state index >= 15 is 0 Å². The lowest BCUT2D eigenvalue weighted by Gasteiger charge is -2.12. The quantitative estimate of drug-likeness (QED) is 0.650. The molecule has 0 aliphatic heterocycles. The van der Waals surface area contributed by atoms with Crippen LogP contribution in [-0.2, 0) is 10.0 Å². The number of anilines is 1. The van der Waals surface area contributed by atoms with Crippen molar-refractivity contribution in [2.75, 3.05) is 4.72 Å². The van der Waals surface area contributed by atoms with Gasteiger partial charge in [0.25, 0.3) is 10.0 Å². The zero-order valence-corrected chi connectivity index (χ0v) is 14.9. The van der Waals surface area contributed by atoms with Crippen molar-refractivity contribution in [2.45, 2.75) is 4.90 Å². The summed E-state index contributed by atoms with van der Waals surface area (Å²) in [6.07, 6.45) is 1.48. The fraction of sp³-hybridized carbons (Fsp3) is 0. The Morgan fingerprint density at radius 3 is 2.62 bits per heavy atom. The summed E-state index contributed by atoms with van der Waals surface area (Å²) >= 11 is 8.93. The van der Waals surface area contributed by atoms with Crippen molar-refractivity contribution in [1.29, 1.82) is 0 Å². The van der Waals surface area contributed by atoms with E-state index in [4.69, 9.17) is 11.6 Å². The molecule has 0 aliphatic carbocycles. The van der Waals surface area contributed by atoms with Gasteiger partial charge in [-0.2, -0.15) is 0 Å². The molecule has 0 atom stereocenters. The second-order valence-electron chi connectivity index (χ2n) is 4.80. The number of rotatable bonds is 3. The Morgan fingerprint density at radius 1 is 1.17 bits per heavy atom. The lowest BCUT2D eigenvalue weighted by molar-refractivity contribution is 0.548. The van der Waals surface area contributed by atoms with Gasteiger partial charge in [-0.05, 0) is 46.3 Å². The molecular formula is C15H8BrClF2N2O2S. The molecule has 4 nitrogen and oxygen atoms in total. The topological polar surface area (TPSA) is 59.1 Å². The van der Waals surface area contributed by atoms with Crippen LogP contribution in [0.4, 0.5) is 14.5 Å². The number of benzene rings is 2. The van der Waals surface area contributed by atoms with Crippen LogP contribution in [0, 0.1) is 11.6 Å². The average molecular weight is 434 g/mol. The molecule has 0 saturated carbocycles. The zero-order valence-electron chi connectivity index (χ0n) is 11.7. The second-order valence-corrected chi connectivity index (χ2v) is 7.68. The van der Waals surface area contributed by atoms with Gasteiger partial charge >= 0.3 is 0 Å². The van der Waals surface area contributed by atoms with E-state index in [1.807, 2.05) is 0 Å². The highest BCUT2D eigenvalue weighted by atomic mass is 79.9. The number of nitrogens with zero attached hydrogens (tertiary/aromatic N) is 1. The predicted molar refractivity (Wildman–Crippen MR) is 91.6 cm³/mol. The smallest absolute Gasteiger partial charge is 0.266 e. The van der Waals surface area contributed by atoms with Crippen LogP contribution in [0.1, 0.15) is 0 Å². The summed E-state index contributed by atoms with van der Waals surface area (Å²) in [4.78, 5) is 3.41. The van der Waals surface area contributed by atoms with E-state index in [0.717, 1.165) is 6.07 Å². The summed E-state index contributed by atoms with van der Waals surface area (Å²) in [6.45, 7) is 0. The number of nitrogens with one attached hydrogen (secondary N) is 1. The first kappa shape index (κ1) is 17.1. The van der Waals surface area contributed by atoms with Gasteiger partial charge in [0.15, 0.2) is 0 Å². The highest BCUT2D eigenvalue weighted by molar-refractivity contribution is 9.10. The van der Waals surface area contributed by atoms with Crippen LogP contribution >= 0.6 is 27.5 Å². The van der Waals surface area contributed by atoms with E-state index in [9.17, 15) is 17.2 Å². The van der Waals surface area contributed by atoms with Gasteiger partial charge < -0.3 is 0 Å². The molecular weight excluding hydrogens is 426 g/mol. The number of hydrogen-bond donors (Lipinski definition) is 1. The largest absolute Gasteiger partial charge is 0.277 e. The van der Waals surface area contributed by atoms with Crippen molar-refractivity contribution in [3.05, 3.63) is 63.7 Å². The van der Waals surface area contributed by atoms with Crippen molar-refractivity contribution in [3.63, 3.8) is 0 Å². The minimum atomic E-state index is -4.32. The predicted octanol–water partition coefficient (Wildman–Crippen LogP) is 4.73. The molecule has 0 fully saturated rings. The molecule has 0 bridgehead atoms. The van der Waals surface area contributed by atoms with Crippen LogP contribution in [0.3, 0.4) is 0 Å². The van der Waals surface area contributed by atoms with Gasteiger partial charge in [0.2, 0.25) is 0 Å². The summed E-state index contributed by atoms with van der Waals surface area (Å²) in [5.41, 5.74) is 0.442. The van der Waals surface area contributed by atoms with Gasteiger partial charge in [-0.1, -0.05) is 11.6 Å². The number of halogens is 4. The SMILES string of the molecule is O=S(=O)(Nc1ccc(Cl)c2cccnc12)c1c(F)cc(F)cc1Br. The molecule has 124 valence electrons. The molecule has 0 unspecified atom stereocenters. The van der Waals surface area contributed by atoms with Gasteiger partial charge in [-0.15, -0.1) is 0 Å². The third kappa shape index (κ3) is 3.09. The first-order chi connectivity index (χ1) is 11.3. The Balaban J connectivity index is 2.14. The molecule has 3 aromatic rings. The molecule has 0 spiro atoms. The number of aromatic nitrogens is 1. The van der Waals surface area contributed by atoms with E-state index in [1.54, 1.807) is 12.1 Å². The summed E-state index contributed by atoms with van der Waals surface area (Å²) < 4.78 is 54.2. The minimum Gasteiger partial charge on any atom is -0.277 e. The fourth-order valence-corrected chi connectivity index (χ4v) is 4.65. The van der Waals surface area contributed by atoms with Crippen molar-refractivity contribution in [2.24, 2.45) is 0 Å². The molecule has 0 aliphatic rings. The molecule has 3 rings (SSSR count). The van der Waals surface area contributed by atoms with Crippen LogP contribution < -0.4 is 4.72 Å². The highest BCUT2D eigenvalue weighted by Gasteiger charge is 2.24. The Labute approximate surface area is 149 Å². The molecule has 1 aromatic heterocycles. The molecule has 1 N–H and O–H groups in total. The van der Waals surface area contributed by atoms with Gasteiger partial charge in [0.1, 0.15) is 16.5 Å². The van der Waals surface area contributed by atoms with Crippen LogP contribution in [0.15, 0.2) is 52.0 Å². The molecule has 2 aromatic carbocycles. The van der Waals surface area contributed by atoms with Crippen LogP contribution in [0.25, 0.3) is 10.9 Å². The van der Waals surface area contributed by atoms with E-state index < -0.39 is 26.6 Å². The third-order valence-electron chi connectivity index (χ3n) is 3.19. The first-order valence-corrected chi connectivity index (χ1v) is 9.15. The Kier molecular flexibility index (Phi) is 4.46. The molecule has 0 radical (unpaired) electrons. The summed E-state index contributed by atoms with van der Waals surface area (Å²) in [5.74, 6) is -2.10. The summed E-state index contributed by atoms with van der Waals surface area (Å²) in [6, 6.07) is 7.62. The van der Waals surface area contributed by atoms with E-state index in [0.29, 0.717) is 22.0 Å². The minimum absolute atomic E-state index is 0.130. The van der Waals surface area contributed by atoms with Crippen LogP contribution in [0.2, 0.25) is 5.02 Å². The number of hydrogen-bond acceptors (Lipinski definition) is 3. The number of pyridine rings is 1.